The Morgan fingerprint density at radius 3 is 3.05 bits per heavy atom. The van der Waals surface area contributed by atoms with Crippen LogP contribution in [0.15, 0.2) is 36.9 Å². The molecule has 1 rings (SSSR count). The molecule has 5 heteroatoms. The molecule has 3 N–H and O–H groups in total. The van der Waals surface area contributed by atoms with Crippen LogP contribution in [0.1, 0.15) is 13.3 Å². The third kappa shape index (κ3) is 5.92. The van der Waals surface area contributed by atoms with Crippen LogP contribution in [-0.2, 0) is 0 Å². The minimum atomic E-state index is -0.304. The number of amides is 2. The molecule has 104 valence electrons. The van der Waals surface area contributed by atoms with Gasteiger partial charge in [-0.15, -0.1) is 0 Å². The van der Waals surface area contributed by atoms with Gasteiger partial charge in [-0.25, -0.2) is 4.79 Å². The number of rotatable bonds is 7. The van der Waals surface area contributed by atoms with Crippen LogP contribution in [0, 0.1) is 0 Å². The van der Waals surface area contributed by atoms with Crippen LogP contribution in [0.25, 0.3) is 0 Å². The number of nitrogens with one attached hydrogen (secondary N) is 2. The molecule has 1 aromatic rings. The Morgan fingerprint density at radius 2 is 2.37 bits per heavy atom. The Kier molecular flexibility index (Phi) is 6.46. The number of urea groups is 1. The zero-order valence-corrected chi connectivity index (χ0v) is 11.1. The van der Waals surface area contributed by atoms with Gasteiger partial charge in [-0.3, -0.25) is 0 Å². The second-order valence-corrected chi connectivity index (χ2v) is 4.14. The molecule has 0 radical (unpaired) electrons. The summed E-state index contributed by atoms with van der Waals surface area (Å²) in [6.07, 6.45) is 2.18. The molecular formula is C14H20N2O3. The molecule has 1 aromatic carbocycles. The Hall–Kier alpha value is -2.01. The second-order valence-electron chi connectivity index (χ2n) is 4.14. The predicted molar refractivity (Wildman–Crippen MR) is 75.5 cm³/mol. The van der Waals surface area contributed by atoms with Crippen molar-refractivity contribution in [3.8, 4) is 5.75 Å². The third-order valence-corrected chi connectivity index (χ3v) is 2.40. The lowest BCUT2D eigenvalue weighted by atomic mass is 10.2. The summed E-state index contributed by atoms with van der Waals surface area (Å²) in [6.45, 7) is 5.87. The summed E-state index contributed by atoms with van der Waals surface area (Å²) >= 11 is 0. The Balaban J connectivity index is 2.51. The van der Waals surface area contributed by atoms with Gasteiger partial charge in [0.15, 0.2) is 0 Å². The average Bonchev–Trinajstić information content (AvgIpc) is 2.36. The number of ether oxygens (including phenoxy) is 1. The van der Waals surface area contributed by atoms with E-state index in [4.69, 9.17) is 9.84 Å². The van der Waals surface area contributed by atoms with Crippen molar-refractivity contribution in [1.29, 1.82) is 0 Å². The fourth-order valence-corrected chi connectivity index (χ4v) is 1.48. The third-order valence-electron chi connectivity index (χ3n) is 2.40. The molecule has 0 aliphatic carbocycles. The van der Waals surface area contributed by atoms with E-state index in [-0.39, 0.29) is 18.7 Å². The van der Waals surface area contributed by atoms with Crippen molar-refractivity contribution >= 4 is 11.7 Å². The van der Waals surface area contributed by atoms with Gasteiger partial charge in [0.2, 0.25) is 0 Å². The van der Waals surface area contributed by atoms with Gasteiger partial charge in [0, 0.05) is 24.4 Å². The molecule has 0 bridgehead atoms. The first-order valence-corrected chi connectivity index (χ1v) is 6.18. The van der Waals surface area contributed by atoms with Gasteiger partial charge in [-0.2, -0.15) is 0 Å². The van der Waals surface area contributed by atoms with Crippen molar-refractivity contribution in [3.05, 3.63) is 36.9 Å². The zero-order chi connectivity index (χ0) is 14.1. The maximum absolute atomic E-state index is 11.7. The number of benzene rings is 1. The van der Waals surface area contributed by atoms with Gasteiger partial charge in [0.1, 0.15) is 12.4 Å². The van der Waals surface area contributed by atoms with Crippen molar-refractivity contribution in [2.75, 3.05) is 18.5 Å². The van der Waals surface area contributed by atoms with Gasteiger partial charge < -0.3 is 20.5 Å². The largest absolute Gasteiger partial charge is 0.489 e. The minimum absolute atomic E-state index is 0.0479. The molecule has 0 aliphatic rings. The summed E-state index contributed by atoms with van der Waals surface area (Å²) in [6, 6.07) is 6.73. The first-order valence-electron chi connectivity index (χ1n) is 6.18. The van der Waals surface area contributed by atoms with E-state index in [9.17, 15) is 4.79 Å². The quantitative estimate of drug-likeness (QED) is 0.661. The molecular weight excluding hydrogens is 244 g/mol. The van der Waals surface area contributed by atoms with E-state index in [2.05, 4.69) is 17.2 Å². The lowest BCUT2D eigenvalue weighted by Gasteiger charge is -2.13. The number of aliphatic hydroxyl groups excluding tert-OH is 1. The smallest absolute Gasteiger partial charge is 0.319 e. The molecule has 0 aromatic heterocycles. The molecule has 19 heavy (non-hydrogen) atoms. The number of carbonyl (C=O) groups is 1. The maximum atomic E-state index is 11.7. The van der Waals surface area contributed by atoms with E-state index in [1.807, 2.05) is 6.92 Å². The number of carbonyl (C=O) groups excluding carboxylic acids is 1. The van der Waals surface area contributed by atoms with Gasteiger partial charge in [0.25, 0.3) is 0 Å². The van der Waals surface area contributed by atoms with Crippen molar-refractivity contribution in [3.63, 3.8) is 0 Å². The number of hydrogen-bond acceptors (Lipinski definition) is 3. The van der Waals surface area contributed by atoms with Crippen LogP contribution in [0.4, 0.5) is 10.5 Å². The summed E-state index contributed by atoms with van der Waals surface area (Å²) in [4.78, 5) is 11.7. The maximum Gasteiger partial charge on any atom is 0.319 e. The van der Waals surface area contributed by atoms with Crippen molar-refractivity contribution < 1.29 is 14.6 Å². The van der Waals surface area contributed by atoms with E-state index >= 15 is 0 Å². The molecule has 1 atom stereocenters. The van der Waals surface area contributed by atoms with Gasteiger partial charge in [0.05, 0.1) is 0 Å². The van der Waals surface area contributed by atoms with Crippen LogP contribution in [-0.4, -0.2) is 30.4 Å². The van der Waals surface area contributed by atoms with Crippen LogP contribution >= 0.6 is 0 Å². The molecule has 0 heterocycles. The summed E-state index contributed by atoms with van der Waals surface area (Å²) < 4.78 is 5.37. The number of hydrogen-bond donors (Lipinski definition) is 3. The first-order chi connectivity index (χ1) is 9.15. The Morgan fingerprint density at radius 1 is 1.58 bits per heavy atom. The topological polar surface area (TPSA) is 70.6 Å². The van der Waals surface area contributed by atoms with E-state index in [1.165, 1.54) is 0 Å². The van der Waals surface area contributed by atoms with Crippen LogP contribution in [0.2, 0.25) is 0 Å². The summed E-state index contributed by atoms with van der Waals surface area (Å²) in [7, 11) is 0. The molecule has 0 spiro atoms. The van der Waals surface area contributed by atoms with Crippen molar-refractivity contribution in [2.24, 2.45) is 0 Å². The van der Waals surface area contributed by atoms with E-state index < -0.39 is 0 Å². The Bertz CT molecular complexity index is 421. The van der Waals surface area contributed by atoms with Gasteiger partial charge >= 0.3 is 6.03 Å². The normalized spacial score (nSPS) is 11.5. The SMILES string of the molecule is C=CCOc1cccc(NC(=O)N[C@H](C)CCO)c1. The summed E-state index contributed by atoms with van der Waals surface area (Å²) in [5.74, 6) is 0.668. The molecule has 0 fully saturated rings. The van der Waals surface area contributed by atoms with Crippen LogP contribution in [0.5, 0.6) is 5.75 Å². The van der Waals surface area contributed by atoms with Gasteiger partial charge in [-0.05, 0) is 25.5 Å². The highest BCUT2D eigenvalue weighted by Crippen LogP contribution is 2.17. The van der Waals surface area contributed by atoms with E-state index in [1.54, 1.807) is 30.3 Å². The summed E-state index contributed by atoms with van der Waals surface area (Å²) in [5, 5.41) is 14.2. The van der Waals surface area contributed by atoms with Crippen LogP contribution in [0.3, 0.4) is 0 Å². The van der Waals surface area contributed by atoms with Gasteiger partial charge in [-0.1, -0.05) is 18.7 Å². The van der Waals surface area contributed by atoms with Crippen LogP contribution < -0.4 is 15.4 Å². The highest BCUT2D eigenvalue weighted by atomic mass is 16.5. The number of anilines is 1. The zero-order valence-electron chi connectivity index (χ0n) is 11.1. The standard InChI is InChI=1S/C14H20N2O3/c1-3-9-19-13-6-4-5-12(10-13)16-14(18)15-11(2)7-8-17/h3-6,10-11,17H,1,7-9H2,2H3,(H2,15,16,18)/t11-/m1/s1. The van der Waals surface area contributed by atoms with E-state index in [0.717, 1.165) is 0 Å². The lowest BCUT2D eigenvalue weighted by Crippen LogP contribution is -2.36. The monoisotopic (exact) mass is 264 g/mol. The second kappa shape index (κ2) is 8.16. The predicted octanol–water partition coefficient (Wildman–Crippen LogP) is 2.14. The average molecular weight is 264 g/mol. The van der Waals surface area contributed by atoms with Crippen molar-refractivity contribution in [2.45, 2.75) is 19.4 Å². The fraction of sp³-hybridized carbons (Fsp3) is 0.357. The first kappa shape index (κ1) is 15.0. The number of aliphatic hydroxyl groups is 1. The molecule has 0 aliphatic heterocycles. The van der Waals surface area contributed by atoms with Crippen molar-refractivity contribution in [1.82, 2.24) is 5.32 Å². The summed E-state index contributed by atoms with van der Waals surface area (Å²) in [5.41, 5.74) is 0.648. The lowest BCUT2D eigenvalue weighted by molar-refractivity contribution is 0.241. The molecule has 0 saturated heterocycles. The van der Waals surface area contributed by atoms with E-state index in [0.29, 0.717) is 24.5 Å². The fourth-order valence-electron chi connectivity index (χ4n) is 1.48. The highest BCUT2D eigenvalue weighted by Gasteiger charge is 2.07. The Labute approximate surface area is 113 Å². The molecule has 2 amide bonds. The highest BCUT2D eigenvalue weighted by molar-refractivity contribution is 5.89. The molecule has 0 unspecified atom stereocenters. The molecule has 5 nitrogen and oxygen atoms in total. The molecule has 0 saturated carbocycles. The minimum Gasteiger partial charge on any atom is -0.489 e.